The van der Waals surface area contributed by atoms with Gasteiger partial charge in [0.2, 0.25) is 5.91 Å². The number of carbonyl (C=O) groups excluding carboxylic acids is 2. The lowest BCUT2D eigenvalue weighted by atomic mass is 10.1. The molecule has 0 aliphatic rings. The zero-order chi connectivity index (χ0) is 17.9. The average Bonchev–Trinajstić information content (AvgIpc) is 2.91. The molecule has 2 amide bonds. The van der Waals surface area contributed by atoms with E-state index in [0.29, 0.717) is 4.88 Å². The molecule has 2 rings (SSSR count). The first-order valence-corrected chi connectivity index (χ1v) is 8.86. The molecule has 0 atom stereocenters. The van der Waals surface area contributed by atoms with Crippen LogP contribution in [0.3, 0.4) is 0 Å². The molecule has 1 aromatic heterocycles. The van der Waals surface area contributed by atoms with Crippen LogP contribution in [-0.4, -0.2) is 30.3 Å². The highest BCUT2D eigenvalue weighted by molar-refractivity contribution is 7.14. The quantitative estimate of drug-likeness (QED) is 0.893. The molecule has 4 nitrogen and oxygen atoms in total. The van der Waals surface area contributed by atoms with E-state index in [9.17, 15) is 9.59 Å². The number of rotatable bonds is 5. The summed E-state index contributed by atoms with van der Waals surface area (Å²) in [4.78, 5) is 28.1. The monoisotopic (exact) mass is 344 g/mol. The van der Waals surface area contributed by atoms with E-state index < -0.39 is 0 Å². The van der Waals surface area contributed by atoms with E-state index in [1.165, 1.54) is 21.8 Å². The number of nitrogens with zero attached hydrogens (tertiary/aromatic N) is 1. The SMILES string of the molecule is CCc1cc(C(=O)N(C)CC(=O)Nc2c(C)cccc2C)sc1C. The Bertz CT molecular complexity index is 744. The fraction of sp³-hybridized carbons (Fsp3) is 0.368. The lowest BCUT2D eigenvalue weighted by molar-refractivity contribution is -0.116. The van der Waals surface area contributed by atoms with E-state index in [-0.39, 0.29) is 18.4 Å². The molecule has 0 bridgehead atoms. The van der Waals surface area contributed by atoms with Gasteiger partial charge in [-0.2, -0.15) is 0 Å². The Kier molecular flexibility index (Phi) is 5.78. The molecule has 1 heterocycles. The molecule has 0 radical (unpaired) electrons. The first-order chi connectivity index (χ1) is 11.3. The van der Waals surface area contributed by atoms with Gasteiger partial charge in [-0.05, 0) is 49.9 Å². The van der Waals surface area contributed by atoms with Gasteiger partial charge in [0.1, 0.15) is 0 Å². The second-order valence-corrected chi connectivity index (χ2v) is 7.28. The van der Waals surface area contributed by atoms with Gasteiger partial charge in [-0.25, -0.2) is 0 Å². The number of nitrogens with one attached hydrogen (secondary N) is 1. The highest BCUT2D eigenvalue weighted by Gasteiger charge is 2.18. The van der Waals surface area contributed by atoms with E-state index in [1.807, 2.05) is 45.0 Å². The number of benzene rings is 1. The lowest BCUT2D eigenvalue weighted by Crippen LogP contribution is -2.34. The smallest absolute Gasteiger partial charge is 0.264 e. The van der Waals surface area contributed by atoms with Crippen LogP contribution >= 0.6 is 11.3 Å². The van der Waals surface area contributed by atoms with Crippen molar-refractivity contribution in [3.8, 4) is 0 Å². The minimum Gasteiger partial charge on any atom is -0.332 e. The summed E-state index contributed by atoms with van der Waals surface area (Å²) in [6.45, 7) is 8.04. The first kappa shape index (κ1) is 18.2. The molecule has 0 unspecified atom stereocenters. The molecule has 0 spiro atoms. The molecule has 1 aromatic carbocycles. The molecule has 0 aliphatic carbocycles. The van der Waals surface area contributed by atoms with Crippen molar-refractivity contribution >= 4 is 28.8 Å². The average molecular weight is 344 g/mol. The molecule has 24 heavy (non-hydrogen) atoms. The molecule has 128 valence electrons. The van der Waals surface area contributed by atoms with Crippen LogP contribution in [0.5, 0.6) is 0 Å². The molecule has 0 saturated heterocycles. The van der Waals surface area contributed by atoms with Gasteiger partial charge in [0, 0.05) is 17.6 Å². The van der Waals surface area contributed by atoms with Crippen molar-refractivity contribution in [3.63, 3.8) is 0 Å². The number of carbonyl (C=O) groups is 2. The van der Waals surface area contributed by atoms with Crippen LogP contribution in [0.1, 0.15) is 38.2 Å². The van der Waals surface area contributed by atoms with Crippen LogP contribution < -0.4 is 5.32 Å². The molecule has 2 aromatic rings. The number of hydrogen-bond donors (Lipinski definition) is 1. The maximum atomic E-state index is 12.5. The highest BCUT2D eigenvalue weighted by atomic mass is 32.1. The number of para-hydroxylation sites is 1. The Hall–Kier alpha value is -2.14. The van der Waals surface area contributed by atoms with Crippen molar-refractivity contribution in [1.82, 2.24) is 4.90 Å². The van der Waals surface area contributed by atoms with Gasteiger partial charge < -0.3 is 10.2 Å². The van der Waals surface area contributed by atoms with E-state index >= 15 is 0 Å². The third-order valence-corrected chi connectivity index (χ3v) is 5.17. The number of aryl methyl sites for hydroxylation is 4. The molecule has 0 fully saturated rings. The molecule has 0 aliphatic heterocycles. The number of amides is 2. The Morgan fingerprint density at radius 3 is 2.33 bits per heavy atom. The Labute approximate surface area is 147 Å². The zero-order valence-corrected chi connectivity index (χ0v) is 15.7. The second kappa shape index (κ2) is 7.62. The summed E-state index contributed by atoms with van der Waals surface area (Å²) in [5.74, 6) is -0.299. The minimum atomic E-state index is -0.188. The lowest BCUT2D eigenvalue weighted by Gasteiger charge is -2.17. The largest absolute Gasteiger partial charge is 0.332 e. The number of thiophene rings is 1. The van der Waals surface area contributed by atoms with Crippen LogP contribution in [0.2, 0.25) is 0 Å². The summed E-state index contributed by atoms with van der Waals surface area (Å²) >= 11 is 1.49. The van der Waals surface area contributed by atoms with Crippen LogP contribution in [0.15, 0.2) is 24.3 Å². The van der Waals surface area contributed by atoms with Crippen LogP contribution in [-0.2, 0) is 11.2 Å². The zero-order valence-electron chi connectivity index (χ0n) is 14.9. The molecular weight excluding hydrogens is 320 g/mol. The summed E-state index contributed by atoms with van der Waals surface area (Å²) in [7, 11) is 1.66. The first-order valence-electron chi connectivity index (χ1n) is 8.04. The van der Waals surface area contributed by atoms with E-state index in [4.69, 9.17) is 0 Å². The Morgan fingerprint density at radius 1 is 1.17 bits per heavy atom. The van der Waals surface area contributed by atoms with Gasteiger partial charge >= 0.3 is 0 Å². The maximum absolute atomic E-state index is 12.5. The fourth-order valence-corrected chi connectivity index (χ4v) is 3.75. The predicted octanol–water partition coefficient (Wildman–Crippen LogP) is 3.95. The van der Waals surface area contributed by atoms with Gasteiger partial charge in [-0.15, -0.1) is 11.3 Å². The highest BCUT2D eigenvalue weighted by Crippen LogP contribution is 2.23. The minimum absolute atomic E-state index is 0.0328. The van der Waals surface area contributed by atoms with Crippen LogP contribution in [0.25, 0.3) is 0 Å². The second-order valence-electron chi connectivity index (χ2n) is 6.02. The summed E-state index contributed by atoms with van der Waals surface area (Å²) in [6, 6.07) is 7.80. The molecule has 0 saturated carbocycles. The maximum Gasteiger partial charge on any atom is 0.264 e. The summed E-state index contributed by atoms with van der Waals surface area (Å²) in [5, 5.41) is 2.91. The van der Waals surface area contributed by atoms with Crippen molar-refractivity contribution < 1.29 is 9.59 Å². The summed E-state index contributed by atoms with van der Waals surface area (Å²) in [6.07, 6.45) is 0.909. The fourth-order valence-electron chi connectivity index (χ4n) is 2.64. The van der Waals surface area contributed by atoms with Gasteiger partial charge in [-0.3, -0.25) is 9.59 Å². The van der Waals surface area contributed by atoms with Crippen molar-refractivity contribution in [2.75, 3.05) is 18.9 Å². The van der Waals surface area contributed by atoms with E-state index in [2.05, 4.69) is 12.2 Å². The van der Waals surface area contributed by atoms with Gasteiger partial charge in [0.05, 0.1) is 11.4 Å². The molecular formula is C19H24N2O2S. The molecule has 1 N–H and O–H groups in total. The van der Waals surface area contributed by atoms with Crippen LogP contribution in [0, 0.1) is 20.8 Å². The predicted molar refractivity (Wildman–Crippen MR) is 99.9 cm³/mol. The summed E-state index contributed by atoms with van der Waals surface area (Å²) in [5.41, 5.74) is 4.04. The van der Waals surface area contributed by atoms with E-state index in [1.54, 1.807) is 7.05 Å². The van der Waals surface area contributed by atoms with Crippen molar-refractivity contribution in [2.45, 2.75) is 34.1 Å². The van der Waals surface area contributed by atoms with Gasteiger partial charge in [0.25, 0.3) is 5.91 Å². The van der Waals surface area contributed by atoms with E-state index in [0.717, 1.165) is 28.1 Å². The normalized spacial score (nSPS) is 10.5. The number of anilines is 1. The molecule has 5 heteroatoms. The number of hydrogen-bond acceptors (Lipinski definition) is 3. The summed E-state index contributed by atoms with van der Waals surface area (Å²) < 4.78 is 0. The van der Waals surface area contributed by atoms with Crippen molar-refractivity contribution in [3.05, 3.63) is 50.7 Å². The van der Waals surface area contributed by atoms with Gasteiger partial charge in [-0.1, -0.05) is 25.1 Å². The Balaban J connectivity index is 2.04. The van der Waals surface area contributed by atoms with Crippen LogP contribution in [0.4, 0.5) is 5.69 Å². The third-order valence-electron chi connectivity index (χ3n) is 4.09. The van der Waals surface area contributed by atoms with Crippen molar-refractivity contribution in [1.29, 1.82) is 0 Å². The third kappa shape index (κ3) is 4.03. The standard InChI is InChI=1S/C19H24N2O2S/c1-6-15-10-16(24-14(15)4)19(23)21(5)11-17(22)20-18-12(2)8-7-9-13(18)3/h7-10H,6,11H2,1-5H3,(H,20,22). The Morgan fingerprint density at radius 2 is 1.79 bits per heavy atom. The topological polar surface area (TPSA) is 49.4 Å². The van der Waals surface area contributed by atoms with Crippen molar-refractivity contribution in [2.24, 2.45) is 0 Å². The van der Waals surface area contributed by atoms with Gasteiger partial charge in [0.15, 0.2) is 0 Å². The number of likely N-dealkylation sites (N-methyl/N-ethyl adjacent to an activating group) is 1.